The number of nitrogens with two attached hydrogens (primary N) is 1. The van der Waals surface area contributed by atoms with E-state index in [4.69, 9.17) is 15.2 Å². The zero-order chi connectivity index (χ0) is 12.3. The highest BCUT2D eigenvalue weighted by molar-refractivity contribution is 5.44. The number of hydrogen-bond donors (Lipinski definition) is 2. The number of nitrogen functional groups attached to an aromatic ring is 1. The molecule has 90 valence electrons. The zero-order valence-electron chi connectivity index (χ0n) is 10.0. The molecule has 0 amide bonds. The van der Waals surface area contributed by atoms with Crippen LogP contribution in [0.1, 0.15) is 18.1 Å². The van der Waals surface area contributed by atoms with Gasteiger partial charge in [-0.25, -0.2) is 4.98 Å². The molecule has 1 atom stereocenters. The van der Waals surface area contributed by atoms with E-state index in [1.54, 1.807) is 19.2 Å². The highest BCUT2D eigenvalue weighted by Crippen LogP contribution is 2.30. The van der Waals surface area contributed by atoms with Gasteiger partial charge in [-0.2, -0.15) is 0 Å². The first kappa shape index (κ1) is 12.9. The van der Waals surface area contributed by atoms with E-state index in [0.717, 1.165) is 5.56 Å². The van der Waals surface area contributed by atoms with E-state index in [9.17, 15) is 5.11 Å². The van der Waals surface area contributed by atoms with Crippen molar-refractivity contribution < 1.29 is 14.6 Å². The van der Waals surface area contributed by atoms with E-state index < -0.39 is 11.9 Å². The minimum atomic E-state index is -1.34. The SMILES string of the molecule is COC(OC)C(C)(O)c1cc(C)cnc1N. The predicted octanol–water partition coefficient (Wildman–Crippen LogP) is 0.799. The summed E-state index contributed by atoms with van der Waals surface area (Å²) in [5.74, 6) is 0.273. The highest BCUT2D eigenvalue weighted by atomic mass is 16.7. The van der Waals surface area contributed by atoms with Crippen molar-refractivity contribution in [1.82, 2.24) is 4.98 Å². The fourth-order valence-corrected chi connectivity index (χ4v) is 1.67. The molecule has 0 fully saturated rings. The number of anilines is 1. The molecular formula is C11H18N2O3. The maximum Gasteiger partial charge on any atom is 0.189 e. The summed E-state index contributed by atoms with van der Waals surface area (Å²) >= 11 is 0. The van der Waals surface area contributed by atoms with Gasteiger partial charge in [0, 0.05) is 26.0 Å². The molecule has 0 aliphatic rings. The third kappa shape index (κ3) is 2.32. The van der Waals surface area contributed by atoms with Gasteiger partial charge < -0.3 is 20.3 Å². The summed E-state index contributed by atoms with van der Waals surface area (Å²) in [6.07, 6.45) is 0.849. The van der Waals surface area contributed by atoms with Crippen LogP contribution in [-0.2, 0) is 15.1 Å². The number of rotatable bonds is 4. The third-order valence-corrected chi connectivity index (χ3v) is 2.49. The normalized spacial score (nSPS) is 15.1. The van der Waals surface area contributed by atoms with Crippen LogP contribution in [0.5, 0.6) is 0 Å². The van der Waals surface area contributed by atoms with Crippen molar-refractivity contribution in [1.29, 1.82) is 0 Å². The number of methoxy groups -OCH3 is 2. The number of aryl methyl sites for hydroxylation is 1. The number of nitrogens with zero attached hydrogens (tertiary/aromatic N) is 1. The fraction of sp³-hybridized carbons (Fsp3) is 0.545. The van der Waals surface area contributed by atoms with E-state index in [1.165, 1.54) is 14.2 Å². The average Bonchev–Trinajstić information content (AvgIpc) is 2.23. The molecule has 0 aliphatic heterocycles. The summed E-state index contributed by atoms with van der Waals surface area (Å²) < 4.78 is 10.1. The summed E-state index contributed by atoms with van der Waals surface area (Å²) in [5.41, 5.74) is 5.81. The largest absolute Gasteiger partial charge is 0.383 e. The van der Waals surface area contributed by atoms with E-state index in [0.29, 0.717) is 5.56 Å². The first-order chi connectivity index (χ1) is 7.43. The van der Waals surface area contributed by atoms with Crippen LogP contribution in [0, 0.1) is 6.92 Å². The Labute approximate surface area is 95.2 Å². The number of hydrogen-bond acceptors (Lipinski definition) is 5. The van der Waals surface area contributed by atoms with Crippen LogP contribution in [0.15, 0.2) is 12.3 Å². The molecule has 3 N–H and O–H groups in total. The Morgan fingerprint density at radius 2 is 2.00 bits per heavy atom. The van der Waals surface area contributed by atoms with Crippen molar-refractivity contribution in [3.63, 3.8) is 0 Å². The molecule has 1 aromatic rings. The lowest BCUT2D eigenvalue weighted by molar-refractivity contribution is -0.212. The van der Waals surface area contributed by atoms with Crippen LogP contribution in [-0.4, -0.2) is 30.6 Å². The van der Waals surface area contributed by atoms with Gasteiger partial charge in [0.2, 0.25) is 0 Å². The van der Waals surface area contributed by atoms with E-state index >= 15 is 0 Å². The Morgan fingerprint density at radius 1 is 1.44 bits per heavy atom. The van der Waals surface area contributed by atoms with Crippen LogP contribution in [0.4, 0.5) is 5.82 Å². The second-order valence-electron chi connectivity index (χ2n) is 3.90. The Morgan fingerprint density at radius 3 is 2.50 bits per heavy atom. The number of pyridine rings is 1. The molecule has 0 radical (unpaired) electrons. The number of ether oxygens (including phenoxy) is 2. The van der Waals surface area contributed by atoms with Crippen molar-refractivity contribution in [2.45, 2.75) is 25.7 Å². The fourth-order valence-electron chi connectivity index (χ4n) is 1.67. The van der Waals surface area contributed by atoms with Gasteiger partial charge in [-0.15, -0.1) is 0 Å². The van der Waals surface area contributed by atoms with Gasteiger partial charge in [0.15, 0.2) is 6.29 Å². The van der Waals surface area contributed by atoms with Crippen molar-refractivity contribution >= 4 is 5.82 Å². The molecule has 0 saturated heterocycles. The molecule has 0 bridgehead atoms. The van der Waals surface area contributed by atoms with E-state index in [2.05, 4.69) is 4.98 Å². The van der Waals surface area contributed by atoms with E-state index in [1.807, 2.05) is 6.92 Å². The topological polar surface area (TPSA) is 77.6 Å². The molecule has 1 heterocycles. The summed E-state index contributed by atoms with van der Waals surface area (Å²) in [4.78, 5) is 4.00. The average molecular weight is 226 g/mol. The van der Waals surface area contributed by atoms with Crippen molar-refractivity contribution in [3.8, 4) is 0 Å². The standard InChI is InChI=1S/C11H18N2O3/c1-7-5-8(9(12)13-6-7)11(2,14)10(15-3)16-4/h5-6,10,14H,1-4H3,(H2,12,13). The highest BCUT2D eigenvalue weighted by Gasteiger charge is 2.36. The summed E-state index contributed by atoms with van der Waals surface area (Å²) in [6.45, 7) is 3.46. The monoisotopic (exact) mass is 226 g/mol. The number of aliphatic hydroxyl groups is 1. The van der Waals surface area contributed by atoms with Crippen molar-refractivity contribution in [2.75, 3.05) is 20.0 Å². The van der Waals surface area contributed by atoms with Gasteiger partial charge in [0.05, 0.1) is 0 Å². The second-order valence-corrected chi connectivity index (χ2v) is 3.90. The van der Waals surface area contributed by atoms with Crippen molar-refractivity contribution in [2.24, 2.45) is 0 Å². The molecule has 5 nitrogen and oxygen atoms in total. The summed E-state index contributed by atoms with van der Waals surface area (Å²) in [6, 6.07) is 1.77. The minimum Gasteiger partial charge on any atom is -0.383 e. The molecule has 1 rings (SSSR count). The second kappa shape index (κ2) is 4.78. The maximum absolute atomic E-state index is 10.4. The Bertz CT molecular complexity index is 362. The van der Waals surface area contributed by atoms with Gasteiger partial charge in [0.25, 0.3) is 0 Å². The molecule has 1 unspecified atom stereocenters. The Kier molecular flexibility index (Phi) is 3.85. The van der Waals surface area contributed by atoms with Crippen LogP contribution < -0.4 is 5.73 Å². The summed E-state index contributed by atoms with van der Waals surface area (Å²) in [7, 11) is 2.92. The molecule has 0 spiro atoms. The first-order valence-corrected chi connectivity index (χ1v) is 4.94. The van der Waals surface area contributed by atoms with Crippen LogP contribution in [0.25, 0.3) is 0 Å². The lowest BCUT2D eigenvalue weighted by atomic mass is 9.94. The van der Waals surface area contributed by atoms with Crippen LogP contribution >= 0.6 is 0 Å². The number of aromatic nitrogens is 1. The molecule has 16 heavy (non-hydrogen) atoms. The lowest BCUT2D eigenvalue weighted by Crippen LogP contribution is -2.40. The van der Waals surface area contributed by atoms with E-state index in [-0.39, 0.29) is 5.82 Å². The smallest absolute Gasteiger partial charge is 0.189 e. The maximum atomic E-state index is 10.4. The molecule has 0 aliphatic carbocycles. The van der Waals surface area contributed by atoms with Crippen LogP contribution in [0.2, 0.25) is 0 Å². The molecule has 0 saturated carbocycles. The Balaban J connectivity index is 3.19. The third-order valence-electron chi connectivity index (χ3n) is 2.49. The quantitative estimate of drug-likeness (QED) is 0.742. The van der Waals surface area contributed by atoms with Gasteiger partial charge in [-0.3, -0.25) is 0 Å². The van der Waals surface area contributed by atoms with Crippen LogP contribution in [0.3, 0.4) is 0 Å². The van der Waals surface area contributed by atoms with Gasteiger partial charge in [-0.1, -0.05) is 0 Å². The van der Waals surface area contributed by atoms with Crippen molar-refractivity contribution in [3.05, 3.63) is 23.4 Å². The lowest BCUT2D eigenvalue weighted by Gasteiger charge is -2.31. The van der Waals surface area contributed by atoms with Gasteiger partial charge in [0.1, 0.15) is 11.4 Å². The molecule has 5 heteroatoms. The molecule has 1 aromatic heterocycles. The Hall–Kier alpha value is -1.17. The van der Waals surface area contributed by atoms with Gasteiger partial charge in [-0.05, 0) is 25.5 Å². The van der Waals surface area contributed by atoms with Gasteiger partial charge >= 0.3 is 0 Å². The predicted molar refractivity (Wildman–Crippen MR) is 60.8 cm³/mol. The zero-order valence-corrected chi connectivity index (χ0v) is 10.0. The molecular weight excluding hydrogens is 208 g/mol. The minimum absolute atomic E-state index is 0.273. The molecule has 0 aromatic carbocycles. The first-order valence-electron chi connectivity index (χ1n) is 4.94. The summed E-state index contributed by atoms with van der Waals surface area (Å²) in [5, 5.41) is 10.4.